The molecule has 18 heavy (non-hydrogen) atoms. The summed E-state index contributed by atoms with van der Waals surface area (Å²) in [7, 11) is 0. The second-order valence-electron chi connectivity index (χ2n) is 4.41. The third-order valence-corrected chi connectivity index (χ3v) is 3.16. The van der Waals surface area contributed by atoms with Crippen LogP contribution >= 0.6 is 0 Å². The van der Waals surface area contributed by atoms with Crippen molar-refractivity contribution in [1.29, 1.82) is 0 Å². The summed E-state index contributed by atoms with van der Waals surface area (Å²) >= 11 is 0. The van der Waals surface area contributed by atoms with Gasteiger partial charge in [-0.1, -0.05) is 6.92 Å². The lowest BCUT2D eigenvalue weighted by Crippen LogP contribution is -2.12. The molecule has 0 fully saturated rings. The summed E-state index contributed by atoms with van der Waals surface area (Å²) in [6.45, 7) is 8.22. The Morgan fingerprint density at radius 1 is 1.28 bits per heavy atom. The van der Waals surface area contributed by atoms with Gasteiger partial charge in [0.25, 0.3) is 0 Å². The fourth-order valence-electron chi connectivity index (χ4n) is 2.13. The molecule has 2 aromatic rings. The molecule has 0 unspecified atom stereocenters. The minimum absolute atomic E-state index is 0.527. The van der Waals surface area contributed by atoms with Crippen molar-refractivity contribution in [3.63, 3.8) is 0 Å². The number of aryl methyl sites for hydroxylation is 2. The Labute approximate surface area is 107 Å². The van der Waals surface area contributed by atoms with Crippen LogP contribution < -0.4 is 5.73 Å². The van der Waals surface area contributed by atoms with Gasteiger partial charge in [-0.05, 0) is 20.3 Å². The lowest BCUT2D eigenvalue weighted by molar-refractivity contribution is 0.533. The molecular weight excluding hydrogens is 228 g/mol. The van der Waals surface area contributed by atoms with Crippen LogP contribution in [0.15, 0.2) is 6.33 Å². The molecular formula is C12H20N6. The molecule has 0 bridgehead atoms. The summed E-state index contributed by atoms with van der Waals surface area (Å²) in [6, 6.07) is 0. The summed E-state index contributed by atoms with van der Waals surface area (Å²) in [4.78, 5) is 4.30. The average Bonchev–Trinajstić information content (AvgIpc) is 2.87. The zero-order chi connectivity index (χ0) is 13.1. The van der Waals surface area contributed by atoms with Crippen LogP contribution in [0.2, 0.25) is 0 Å². The van der Waals surface area contributed by atoms with E-state index in [1.807, 2.05) is 23.2 Å². The Bertz CT molecular complexity index is 525. The standard InChI is InChI=1S/C12H20N6/c1-4-5-17-12(14-8-15-17)7-18-10(3)11(6-13)9(2)16-18/h8H,4-7,13H2,1-3H3. The highest BCUT2D eigenvalue weighted by atomic mass is 15.4. The number of nitrogens with zero attached hydrogens (tertiary/aromatic N) is 5. The van der Waals surface area contributed by atoms with Gasteiger partial charge in [-0.3, -0.25) is 4.68 Å². The van der Waals surface area contributed by atoms with Gasteiger partial charge in [0.05, 0.1) is 5.69 Å². The topological polar surface area (TPSA) is 74.5 Å². The van der Waals surface area contributed by atoms with Crippen molar-refractivity contribution in [3.05, 3.63) is 29.1 Å². The molecule has 0 saturated heterocycles. The van der Waals surface area contributed by atoms with Crippen LogP contribution in [0.5, 0.6) is 0 Å². The average molecular weight is 248 g/mol. The number of rotatable bonds is 5. The Kier molecular flexibility index (Phi) is 3.76. The van der Waals surface area contributed by atoms with Crippen molar-refractivity contribution in [2.75, 3.05) is 0 Å². The lowest BCUT2D eigenvalue weighted by atomic mass is 10.2. The molecule has 2 heterocycles. The van der Waals surface area contributed by atoms with Crippen molar-refractivity contribution in [2.45, 2.75) is 46.8 Å². The van der Waals surface area contributed by atoms with Crippen LogP contribution in [-0.2, 0) is 19.6 Å². The Morgan fingerprint density at radius 3 is 2.67 bits per heavy atom. The van der Waals surface area contributed by atoms with Gasteiger partial charge in [0, 0.05) is 24.3 Å². The quantitative estimate of drug-likeness (QED) is 0.857. The molecule has 0 aromatic carbocycles. The van der Waals surface area contributed by atoms with Crippen LogP contribution in [0.25, 0.3) is 0 Å². The second kappa shape index (κ2) is 5.30. The van der Waals surface area contributed by atoms with Gasteiger partial charge in [0.2, 0.25) is 0 Å². The first-order valence-electron chi connectivity index (χ1n) is 6.27. The van der Waals surface area contributed by atoms with E-state index in [-0.39, 0.29) is 0 Å². The molecule has 0 aliphatic heterocycles. The van der Waals surface area contributed by atoms with E-state index in [9.17, 15) is 0 Å². The first-order chi connectivity index (χ1) is 8.67. The van der Waals surface area contributed by atoms with Gasteiger partial charge in [-0.2, -0.15) is 10.2 Å². The highest BCUT2D eigenvalue weighted by Crippen LogP contribution is 2.13. The van der Waals surface area contributed by atoms with Gasteiger partial charge >= 0.3 is 0 Å². The van der Waals surface area contributed by atoms with E-state index in [4.69, 9.17) is 5.73 Å². The van der Waals surface area contributed by atoms with Gasteiger partial charge < -0.3 is 5.73 Å². The summed E-state index contributed by atoms with van der Waals surface area (Å²) in [5, 5.41) is 8.73. The first kappa shape index (κ1) is 12.8. The third-order valence-electron chi connectivity index (χ3n) is 3.16. The van der Waals surface area contributed by atoms with E-state index in [0.29, 0.717) is 13.1 Å². The third kappa shape index (κ3) is 2.28. The largest absolute Gasteiger partial charge is 0.326 e. The van der Waals surface area contributed by atoms with Crippen molar-refractivity contribution in [2.24, 2.45) is 5.73 Å². The Balaban J connectivity index is 2.26. The van der Waals surface area contributed by atoms with E-state index in [0.717, 1.165) is 35.7 Å². The SMILES string of the molecule is CCCn1ncnc1Cn1nc(C)c(CN)c1C. The zero-order valence-electron chi connectivity index (χ0n) is 11.2. The monoisotopic (exact) mass is 248 g/mol. The number of hydrogen-bond acceptors (Lipinski definition) is 4. The predicted molar refractivity (Wildman–Crippen MR) is 69.0 cm³/mol. The van der Waals surface area contributed by atoms with Gasteiger partial charge in [0.15, 0.2) is 0 Å². The number of hydrogen-bond donors (Lipinski definition) is 1. The van der Waals surface area contributed by atoms with Crippen molar-refractivity contribution < 1.29 is 0 Å². The van der Waals surface area contributed by atoms with Crippen LogP contribution in [0.3, 0.4) is 0 Å². The van der Waals surface area contributed by atoms with Gasteiger partial charge in [-0.25, -0.2) is 9.67 Å². The van der Waals surface area contributed by atoms with E-state index in [1.54, 1.807) is 6.33 Å². The summed E-state index contributed by atoms with van der Waals surface area (Å²) in [5.74, 6) is 0.936. The van der Waals surface area contributed by atoms with Crippen LogP contribution in [0.1, 0.15) is 36.1 Å². The van der Waals surface area contributed by atoms with E-state index < -0.39 is 0 Å². The normalized spacial score (nSPS) is 11.1. The maximum atomic E-state index is 5.73. The molecule has 0 amide bonds. The minimum Gasteiger partial charge on any atom is -0.326 e. The van der Waals surface area contributed by atoms with Crippen LogP contribution in [0.4, 0.5) is 0 Å². The Morgan fingerprint density at radius 2 is 2.06 bits per heavy atom. The van der Waals surface area contributed by atoms with Gasteiger partial charge in [-0.15, -0.1) is 0 Å². The molecule has 2 aromatic heterocycles. The van der Waals surface area contributed by atoms with Crippen molar-refractivity contribution in [3.8, 4) is 0 Å². The minimum atomic E-state index is 0.527. The fourth-order valence-corrected chi connectivity index (χ4v) is 2.13. The molecule has 0 atom stereocenters. The van der Waals surface area contributed by atoms with Crippen LogP contribution in [-0.4, -0.2) is 24.5 Å². The maximum absolute atomic E-state index is 5.73. The summed E-state index contributed by atoms with van der Waals surface area (Å²) < 4.78 is 3.88. The molecule has 6 heteroatoms. The number of nitrogens with two attached hydrogens (primary N) is 1. The molecule has 98 valence electrons. The van der Waals surface area contributed by atoms with Crippen molar-refractivity contribution >= 4 is 0 Å². The maximum Gasteiger partial charge on any atom is 0.148 e. The fraction of sp³-hybridized carbons (Fsp3) is 0.583. The number of aromatic nitrogens is 5. The van der Waals surface area contributed by atoms with Gasteiger partial charge in [0.1, 0.15) is 18.7 Å². The molecule has 0 saturated carbocycles. The molecule has 0 aliphatic rings. The van der Waals surface area contributed by atoms with E-state index in [1.165, 1.54) is 0 Å². The van der Waals surface area contributed by atoms with E-state index >= 15 is 0 Å². The highest BCUT2D eigenvalue weighted by molar-refractivity contribution is 5.24. The predicted octanol–water partition coefficient (Wildman–Crippen LogP) is 1.01. The first-order valence-corrected chi connectivity index (χ1v) is 6.27. The molecule has 0 aliphatic carbocycles. The molecule has 0 spiro atoms. The summed E-state index contributed by atoms with van der Waals surface area (Å²) in [6.07, 6.45) is 2.64. The Hall–Kier alpha value is -1.69. The lowest BCUT2D eigenvalue weighted by Gasteiger charge is -2.06. The van der Waals surface area contributed by atoms with Crippen molar-refractivity contribution in [1.82, 2.24) is 24.5 Å². The molecule has 6 nitrogen and oxygen atoms in total. The van der Waals surface area contributed by atoms with E-state index in [2.05, 4.69) is 22.1 Å². The zero-order valence-corrected chi connectivity index (χ0v) is 11.2. The van der Waals surface area contributed by atoms with Crippen LogP contribution in [0, 0.1) is 13.8 Å². The summed E-state index contributed by atoms with van der Waals surface area (Å²) in [5.41, 5.74) is 8.96. The molecule has 2 rings (SSSR count). The molecule has 2 N–H and O–H groups in total. The highest BCUT2D eigenvalue weighted by Gasteiger charge is 2.12. The smallest absolute Gasteiger partial charge is 0.148 e. The second-order valence-corrected chi connectivity index (χ2v) is 4.41. The molecule has 0 radical (unpaired) electrons.